The van der Waals surface area contributed by atoms with Gasteiger partial charge in [0.1, 0.15) is 0 Å². The molecule has 0 spiro atoms. The molecule has 1 nitrogen and oxygen atoms in total. The van der Waals surface area contributed by atoms with Crippen LogP contribution < -0.4 is 0 Å². The maximum absolute atomic E-state index is 9.86. The molecule has 4 unspecified atom stereocenters. The smallest absolute Gasteiger partial charge is 0.0723 e. The standard InChI is InChI=1S/C18H28O.C2H6/c1-18-9-2-3-17(18)16-6-4-12-11-13(19)5-7-14(12)15(16)8-10-18;1-2/h11,13-17,19H,2-10H2,1H3;1-2H3/t13?,14-,15?,16?,17?,18-;/m0./s1. The molecular weight excluding hydrogens is 256 g/mol. The molecule has 4 aliphatic carbocycles. The summed E-state index contributed by atoms with van der Waals surface area (Å²) in [5.41, 5.74) is 2.32. The van der Waals surface area contributed by atoms with E-state index < -0.39 is 0 Å². The van der Waals surface area contributed by atoms with Gasteiger partial charge in [0.2, 0.25) is 0 Å². The number of allylic oxidation sites excluding steroid dienone is 1. The molecular formula is C20H34O. The zero-order valence-corrected chi connectivity index (χ0v) is 14.3. The summed E-state index contributed by atoms with van der Waals surface area (Å²) in [6.07, 6.45) is 14.5. The van der Waals surface area contributed by atoms with Gasteiger partial charge in [0.05, 0.1) is 6.10 Å². The maximum atomic E-state index is 9.86. The number of aliphatic hydroxyl groups excluding tert-OH is 1. The minimum Gasteiger partial charge on any atom is -0.389 e. The van der Waals surface area contributed by atoms with E-state index in [-0.39, 0.29) is 6.10 Å². The number of rotatable bonds is 0. The highest BCUT2D eigenvalue weighted by molar-refractivity contribution is 5.19. The normalized spacial score (nSPS) is 48.2. The Bertz CT molecular complexity index is 399. The predicted octanol–water partition coefficient (Wildman–Crippen LogP) is 5.34. The predicted molar refractivity (Wildman–Crippen MR) is 89.1 cm³/mol. The van der Waals surface area contributed by atoms with Gasteiger partial charge in [-0.15, -0.1) is 0 Å². The van der Waals surface area contributed by atoms with E-state index in [0.717, 1.165) is 30.1 Å². The summed E-state index contributed by atoms with van der Waals surface area (Å²) in [6.45, 7) is 6.58. The summed E-state index contributed by atoms with van der Waals surface area (Å²) in [5.74, 6) is 3.84. The van der Waals surface area contributed by atoms with Crippen LogP contribution in [0.1, 0.15) is 78.6 Å². The minimum absolute atomic E-state index is 0.136. The highest BCUT2D eigenvalue weighted by atomic mass is 16.3. The topological polar surface area (TPSA) is 20.2 Å². The molecule has 6 atom stereocenters. The molecule has 21 heavy (non-hydrogen) atoms. The van der Waals surface area contributed by atoms with E-state index in [1.807, 2.05) is 13.8 Å². The first-order valence-corrected chi connectivity index (χ1v) is 9.56. The maximum Gasteiger partial charge on any atom is 0.0723 e. The van der Waals surface area contributed by atoms with Crippen LogP contribution in [0.25, 0.3) is 0 Å². The van der Waals surface area contributed by atoms with Gasteiger partial charge in [0.25, 0.3) is 0 Å². The van der Waals surface area contributed by atoms with Crippen molar-refractivity contribution in [3.05, 3.63) is 11.6 Å². The van der Waals surface area contributed by atoms with Gasteiger partial charge >= 0.3 is 0 Å². The van der Waals surface area contributed by atoms with Crippen LogP contribution in [0.2, 0.25) is 0 Å². The summed E-state index contributed by atoms with van der Waals surface area (Å²) < 4.78 is 0. The van der Waals surface area contributed by atoms with Gasteiger partial charge in [-0.3, -0.25) is 0 Å². The number of aliphatic hydroxyl groups is 1. The van der Waals surface area contributed by atoms with Crippen LogP contribution in [0.5, 0.6) is 0 Å². The Balaban J connectivity index is 0.000000636. The highest BCUT2D eigenvalue weighted by Crippen LogP contribution is 2.61. The average Bonchev–Trinajstić information content (AvgIpc) is 2.90. The lowest BCUT2D eigenvalue weighted by atomic mass is 9.52. The summed E-state index contributed by atoms with van der Waals surface area (Å²) in [5, 5.41) is 9.86. The third-order valence-electron chi connectivity index (χ3n) is 7.21. The van der Waals surface area contributed by atoms with Crippen LogP contribution in [0.3, 0.4) is 0 Å². The fraction of sp³-hybridized carbons (Fsp3) is 0.900. The van der Waals surface area contributed by atoms with Crippen molar-refractivity contribution in [1.82, 2.24) is 0 Å². The Morgan fingerprint density at radius 2 is 1.81 bits per heavy atom. The third kappa shape index (κ3) is 2.60. The molecule has 0 aromatic carbocycles. The average molecular weight is 290 g/mol. The summed E-state index contributed by atoms with van der Waals surface area (Å²) >= 11 is 0. The summed E-state index contributed by atoms with van der Waals surface area (Å²) in [7, 11) is 0. The van der Waals surface area contributed by atoms with Crippen LogP contribution >= 0.6 is 0 Å². The Kier molecular flexibility index (Phi) is 4.50. The number of hydrogen-bond donors (Lipinski definition) is 1. The number of hydrogen-bond acceptors (Lipinski definition) is 1. The van der Waals surface area contributed by atoms with Crippen LogP contribution in [-0.2, 0) is 0 Å². The molecule has 0 heterocycles. The zero-order chi connectivity index (χ0) is 15.0. The molecule has 0 aromatic heterocycles. The molecule has 0 bridgehead atoms. The lowest BCUT2D eigenvalue weighted by molar-refractivity contribution is -0.00504. The molecule has 4 rings (SSSR count). The second-order valence-corrected chi connectivity index (χ2v) is 8.05. The quantitative estimate of drug-likeness (QED) is 0.597. The molecule has 0 amide bonds. The van der Waals surface area contributed by atoms with E-state index in [1.165, 1.54) is 51.4 Å². The van der Waals surface area contributed by atoms with Crippen molar-refractivity contribution in [2.24, 2.45) is 29.1 Å². The van der Waals surface area contributed by atoms with Crippen LogP contribution in [0.4, 0.5) is 0 Å². The van der Waals surface area contributed by atoms with Crippen LogP contribution in [0.15, 0.2) is 11.6 Å². The van der Waals surface area contributed by atoms with Crippen molar-refractivity contribution in [2.75, 3.05) is 0 Å². The van der Waals surface area contributed by atoms with Crippen molar-refractivity contribution in [2.45, 2.75) is 84.7 Å². The molecule has 3 saturated carbocycles. The highest BCUT2D eigenvalue weighted by Gasteiger charge is 2.52. The molecule has 3 fully saturated rings. The fourth-order valence-electron chi connectivity index (χ4n) is 6.31. The van der Waals surface area contributed by atoms with Crippen molar-refractivity contribution in [3.8, 4) is 0 Å². The van der Waals surface area contributed by atoms with E-state index in [0.29, 0.717) is 5.41 Å². The molecule has 1 heteroatoms. The van der Waals surface area contributed by atoms with Crippen molar-refractivity contribution in [3.63, 3.8) is 0 Å². The molecule has 4 aliphatic rings. The third-order valence-corrected chi connectivity index (χ3v) is 7.21. The monoisotopic (exact) mass is 290 g/mol. The van der Waals surface area contributed by atoms with Crippen molar-refractivity contribution >= 4 is 0 Å². The van der Waals surface area contributed by atoms with Gasteiger partial charge in [-0.1, -0.05) is 38.8 Å². The van der Waals surface area contributed by atoms with Gasteiger partial charge in [-0.25, -0.2) is 0 Å². The van der Waals surface area contributed by atoms with Crippen molar-refractivity contribution in [1.29, 1.82) is 0 Å². The van der Waals surface area contributed by atoms with Gasteiger partial charge in [0.15, 0.2) is 0 Å². The second-order valence-electron chi connectivity index (χ2n) is 8.05. The Hall–Kier alpha value is -0.300. The number of fused-ring (bicyclic) bond motifs is 5. The fourth-order valence-corrected chi connectivity index (χ4v) is 6.31. The SMILES string of the molecule is CC.C[C@@]12CCCC1C1CCC3=CC(O)CC[C@@H]3C1CC2. The largest absolute Gasteiger partial charge is 0.389 e. The molecule has 0 aromatic rings. The lowest BCUT2D eigenvalue weighted by Crippen LogP contribution is -2.44. The van der Waals surface area contributed by atoms with Gasteiger partial charge in [-0.05, 0) is 80.5 Å². The Morgan fingerprint density at radius 1 is 1.00 bits per heavy atom. The van der Waals surface area contributed by atoms with E-state index in [4.69, 9.17) is 0 Å². The van der Waals surface area contributed by atoms with Gasteiger partial charge in [-0.2, -0.15) is 0 Å². The first kappa shape index (κ1) is 15.6. The molecule has 120 valence electrons. The van der Waals surface area contributed by atoms with E-state index in [1.54, 1.807) is 5.57 Å². The van der Waals surface area contributed by atoms with E-state index >= 15 is 0 Å². The molecule has 1 N–H and O–H groups in total. The molecule has 0 aliphatic heterocycles. The first-order chi connectivity index (χ1) is 10.2. The van der Waals surface area contributed by atoms with Gasteiger partial charge < -0.3 is 5.11 Å². The van der Waals surface area contributed by atoms with Crippen LogP contribution in [0, 0.1) is 29.1 Å². The summed E-state index contributed by atoms with van der Waals surface area (Å²) in [4.78, 5) is 0. The van der Waals surface area contributed by atoms with Gasteiger partial charge in [0, 0.05) is 0 Å². The zero-order valence-electron chi connectivity index (χ0n) is 14.3. The summed E-state index contributed by atoms with van der Waals surface area (Å²) in [6, 6.07) is 0. The first-order valence-electron chi connectivity index (χ1n) is 9.56. The Morgan fingerprint density at radius 3 is 2.62 bits per heavy atom. The van der Waals surface area contributed by atoms with Crippen LogP contribution in [-0.4, -0.2) is 11.2 Å². The second kappa shape index (κ2) is 6.07. The minimum atomic E-state index is -0.136. The van der Waals surface area contributed by atoms with Crippen molar-refractivity contribution < 1.29 is 5.11 Å². The van der Waals surface area contributed by atoms with E-state index in [9.17, 15) is 5.11 Å². The Labute approximate surface area is 131 Å². The molecule has 0 saturated heterocycles. The molecule has 0 radical (unpaired) electrons. The lowest BCUT2D eigenvalue weighted by Gasteiger charge is -2.53. The van der Waals surface area contributed by atoms with E-state index in [2.05, 4.69) is 13.0 Å².